The number of halogens is 1. The molecule has 16 heavy (non-hydrogen) atoms. The zero-order chi connectivity index (χ0) is 11.9. The summed E-state index contributed by atoms with van der Waals surface area (Å²) < 4.78 is 29.6. The molecule has 0 aliphatic rings. The highest BCUT2D eigenvalue weighted by Gasteiger charge is 2.05. The summed E-state index contributed by atoms with van der Waals surface area (Å²) in [4.78, 5) is 0. The number of benzene rings is 1. The molecular formula is C10H14ClNO3S. The van der Waals surface area contributed by atoms with Crippen LogP contribution in [0.15, 0.2) is 30.3 Å². The number of alkyl halides is 1. The summed E-state index contributed by atoms with van der Waals surface area (Å²) in [6, 6.07) is 9.37. The predicted octanol–water partition coefficient (Wildman–Crippen LogP) is 1.57. The lowest BCUT2D eigenvalue weighted by Gasteiger charge is -2.06. The van der Waals surface area contributed by atoms with Crippen LogP contribution >= 0.6 is 11.6 Å². The fourth-order valence-corrected chi connectivity index (χ4v) is 1.81. The van der Waals surface area contributed by atoms with Crippen LogP contribution in [0.4, 0.5) is 0 Å². The van der Waals surface area contributed by atoms with Crippen molar-refractivity contribution in [2.75, 3.05) is 18.4 Å². The molecular weight excluding hydrogens is 250 g/mol. The third kappa shape index (κ3) is 5.34. The van der Waals surface area contributed by atoms with Crippen molar-refractivity contribution in [1.82, 2.24) is 4.72 Å². The highest BCUT2D eigenvalue weighted by molar-refractivity contribution is 7.90. The van der Waals surface area contributed by atoms with Gasteiger partial charge in [0.1, 0.15) is 11.0 Å². The molecule has 0 saturated heterocycles. The van der Waals surface area contributed by atoms with Gasteiger partial charge in [-0.2, -0.15) is 0 Å². The van der Waals surface area contributed by atoms with Crippen LogP contribution in [0.1, 0.15) is 6.42 Å². The number of rotatable bonds is 7. The van der Waals surface area contributed by atoms with Crippen molar-refractivity contribution in [1.29, 1.82) is 0 Å². The standard InChI is InChI=1S/C10H14ClNO3S/c11-9-16(13,14)12-7-4-8-15-10-5-2-1-3-6-10/h1-3,5-6,12H,4,7-9H2. The predicted molar refractivity (Wildman–Crippen MR) is 64.2 cm³/mol. The Morgan fingerprint density at radius 3 is 2.56 bits per heavy atom. The van der Waals surface area contributed by atoms with E-state index in [-0.39, 0.29) is 0 Å². The molecule has 1 aromatic rings. The summed E-state index contributed by atoms with van der Waals surface area (Å²) in [5, 5.41) is -0.410. The number of nitrogens with one attached hydrogen (secondary N) is 1. The Morgan fingerprint density at radius 2 is 1.94 bits per heavy atom. The van der Waals surface area contributed by atoms with Crippen molar-refractivity contribution in [2.45, 2.75) is 6.42 Å². The lowest BCUT2D eigenvalue weighted by atomic mass is 10.3. The summed E-state index contributed by atoms with van der Waals surface area (Å²) in [5.74, 6) is 0.780. The molecule has 6 heteroatoms. The molecule has 0 unspecified atom stereocenters. The van der Waals surface area contributed by atoms with Crippen molar-refractivity contribution in [2.24, 2.45) is 0 Å². The second kappa shape index (κ2) is 6.73. The summed E-state index contributed by atoms with van der Waals surface area (Å²) in [7, 11) is -3.30. The van der Waals surface area contributed by atoms with Crippen LogP contribution in [0.2, 0.25) is 0 Å². The molecule has 0 saturated carbocycles. The van der Waals surface area contributed by atoms with E-state index in [1.165, 1.54) is 0 Å². The van der Waals surface area contributed by atoms with E-state index in [9.17, 15) is 8.42 Å². The van der Waals surface area contributed by atoms with Crippen LogP contribution in [0.3, 0.4) is 0 Å². The van der Waals surface area contributed by atoms with Gasteiger partial charge in [0.05, 0.1) is 6.61 Å². The van der Waals surface area contributed by atoms with E-state index in [2.05, 4.69) is 4.72 Å². The molecule has 0 heterocycles. The van der Waals surface area contributed by atoms with Crippen molar-refractivity contribution >= 4 is 21.6 Å². The SMILES string of the molecule is O=S(=O)(CCl)NCCCOc1ccccc1. The zero-order valence-electron chi connectivity index (χ0n) is 8.73. The van der Waals surface area contributed by atoms with Gasteiger partial charge in [0, 0.05) is 6.54 Å². The quantitative estimate of drug-likeness (QED) is 0.600. The van der Waals surface area contributed by atoms with Crippen LogP contribution < -0.4 is 9.46 Å². The van der Waals surface area contributed by atoms with E-state index in [0.717, 1.165) is 5.75 Å². The molecule has 1 N–H and O–H groups in total. The molecule has 90 valence electrons. The maximum absolute atomic E-state index is 10.9. The maximum atomic E-state index is 10.9. The first kappa shape index (κ1) is 13.3. The molecule has 0 spiro atoms. The fraction of sp³-hybridized carbons (Fsp3) is 0.400. The molecule has 0 fully saturated rings. The van der Waals surface area contributed by atoms with Gasteiger partial charge in [-0.3, -0.25) is 0 Å². The minimum absolute atomic E-state index is 0.335. The summed E-state index contributed by atoms with van der Waals surface area (Å²) in [5.41, 5.74) is 0. The summed E-state index contributed by atoms with van der Waals surface area (Å²) in [6.07, 6.45) is 0.602. The van der Waals surface area contributed by atoms with Gasteiger partial charge in [0.2, 0.25) is 10.0 Å². The first-order valence-electron chi connectivity index (χ1n) is 4.85. The van der Waals surface area contributed by atoms with Crippen molar-refractivity contribution in [3.05, 3.63) is 30.3 Å². The molecule has 0 amide bonds. The monoisotopic (exact) mass is 263 g/mol. The van der Waals surface area contributed by atoms with Crippen molar-refractivity contribution in [3.63, 3.8) is 0 Å². The lowest BCUT2D eigenvalue weighted by Crippen LogP contribution is -2.26. The largest absolute Gasteiger partial charge is 0.494 e. The molecule has 0 atom stereocenters. The average molecular weight is 264 g/mol. The zero-order valence-corrected chi connectivity index (χ0v) is 10.3. The molecule has 0 aliphatic carbocycles. The number of para-hydroxylation sites is 1. The van der Waals surface area contributed by atoms with Gasteiger partial charge in [-0.15, -0.1) is 11.6 Å². The van der Waals surface area contributed by atoms with Gasteiger partial charge in [-0.1, -0.05) is 18.2 Å². The highest BCUT2D eigenvalue weighted by atomic mass is 35.5. The lowest BCUT2D eigenvalue weighted by molar-refractivity contribution is 0.311. The number of sulfonamides is 1. The molecule has 4 nitrogen and oxygen atoms in total. The Kier molecular flexibility index (Phi) is 5.59. The maximum Gasteiger partial charge on any atom is 0.225 e. The second-order valence-electron chi connectivity index (χ2n) is 3.13. The normalized spacial score (nSPS) is 11.3. The topological polar surface area (TPSA) is 55.4 Å². The highest BCUT2D eigenvalue weighted by Crippen LogP contribution is 2.08. The van der Waals surface area contributed by atoms with Crippen LogP contribution in [0.5, 0.6) is 5.75 Å². The van der Waals surface area contributed by atoms with E-state index in [1.54, 1.807) is 0 Å². The molecule has 0 bridgehead atoms. The number of ether oxygens (including phenoxy) is 1. The third-order valence-electron chi connectivity index (χ3n) is 1.80. The van der Waals surface area contributed by atoms with E-state index < -0.39 is 15.2 Å². The Labute approximate surface area is 101 Å². The van der Waals surface area contributed by atoms with Gasteiger partial charge < -0.3 is 4.74 Å². The fourth-order valence-electron chi connectivity index (χ4n) is 1.05. The van der Waals surface area contributed by atoms with Gasteiger partial charge in [0.25, 0.3) is 0 Å². The van der Waals surface area contributed by atoms with E-state index in [4.69, 9.17) is 16.3 Å². The first-order chi connectivity index (χ1) is 7.64. The van der Waals surface area contributed by atoms with Crippen molar-refractivity contribution in [3.8, 4) is 5.75 Å². The summed E-state index contributed by atoms with van der Waals surface area (Å²) in [6.45, 7) is 0.802. The van der Waals surface area contributed by atoms with Crippen LogP contribution in [0, 0.1) is 0 Å². The number of hydrogen-bond donors (Lipinski definition) is 1. The Bertz CT molecular complexity index is 394. The molecule has 0 aliphatic heterocycles. The molecule has 0 radical (unpaired) electrons. The minimum atomic E-state index is -3.30. The van der Waals surface area contributed by atoms with Crippen LogP contribution in [-0.2, 0) is 10.0 Å². The smallest absolute Gasteiger partial charge is 0.225 e. The third-order valence-corrected chi connectivity index (χ3v) is 3.59. The van der Waals surface area contributed by atoms with Gasteiger partial charge in [0.15, 0.2) is 0 Å². The van der Waals surface area contributed by atoms with Crippen LogP contribution in [-0.4, -0.2) is 26.8 Å². The first-order valence-corrected chi connectivity index (χ1v) is 7.04. The van der Waals surface area contributed by atoms with E-state index in [0.29, 0.717) is 19.6 Å². The average Bonchev–Trinajstić information content (AvgIpc) is 2.30. The minimum Gasteiger partial charge on any atom is -0.494 e. The Balaban J connectivity index is 2.14. The van der Waals surface area contributed by atoms with E-state index >= 15 is 0 Å². The Hall–Kier alpha value is -0.780. The molecule has 1 aromatic carbocycles. The summed E-state index contributed by atoms with van der Waals surface area (Å²) >= 11 is 5.22. The Morgan fingerprint density at radius 1 is 1.25 bits per heavy atom. The van der Waals surface area contributed by atoms with Gasteiger partial charge in [-0.25, -0.2) is 13.1 Å². The van der Waals surface area contributed by atoms with Gasteiger partial charge >= 0.3 is 0 Å². The van der Waals surface area contributed by atoms with Gasteiger partial charge in [-0.05, 0) is 18.6 Å². The molecule has 1 rings (SSSR count). The molecule has 0 aromatic heterocycles. The number of hydrogen-bond acceptors (Lipinski definition) is 3. The van der Waals surface area contributed by atoms with Crippen molar-refractivity contribution < 1.29 is 13.2 Å². The van der Waals surface area contributed by atoms with Crippen LogP contribution in [0.25, 0.3) is 0 Å². The van der Waals surface area contributed by atoms with E-state index in [1.807, 2.05) is 30.3 Å². The second-order valence-corrected chi connectivity index (χ2v) is 5.52.